The highest BCUT2D eigenvalue weighted by atomic mass is 79.9. The van der Waals surface area contributed by atoms with E-state index in [1.165, 1.54) is 0 Å². The molecule has 3 N–H and O–H groups in total. The molecule has 0 saturated carbocycles. The van der Waals surface area contributed by atoms with Crippen LogP contribution in [0.3, 0.4) is 0 Å². The maximum atomic E-state index is 5.04. The van der Waals surface area contributed by atoms with E-state index < -0.39 is 0 Å². The van der Waals surface area contributed by atoms with E-state index in [9.17, 15) is 0 Å². The smallest absolute Gasteiger partial charge is 0.120 e. The zero-order chi connectivity index (χ0) is 6.69. The van der Waals surface area contributed by atoms with Crippen molar-refractivity contribution in [1.29, 1.82) is 0 Å². The molecule has 0 fully saturated rings. The number of hydrazine groups is 1. The molecule has 0 aliphatic carbocycles. The van der Waals surface area contributed by atoms with Gasteiger partial charge in [-0.05, 0) is 22.0 Å². The van der Waals surface area contributed by atoms with E-state index in [1.54, 1.807) is 6.26 Å². The Bertz CT molecular complexity index is 187. The lowest BCUT2D eigenvalue weighted by Gasteiger charge is -1.89. The highest BCUT2D eigenvalue weighted by Gasteiger charge is 1.95. The van der Waals surface area contributed by atoms with Crippen LogP contribution < -0.4 is 11.3 Å². The minimum absolute atomic E-state index is 0.561. The van der Waals surface area contributed by atoms with Gasteiger partial charge in [0.25, 0.3) is 0 Å². The van der Waals surface area contributed by atoms with E-state index in [0.717, 1.165) is 10.2 Å². The van der Waals surface area contributed by atoms with Crippen molar-refractivity contribution in [3.8, 4) is 0 Å². The van der Waals surface area contributed by atoms with Gasteiger partial charge in [-0.25, -0.2) is 0 Å². The van der Waals surface area contributed by atoms with Gasteiger partial charge in [0.05, 0.1) is 11.0 Å². The molecule has 1 rings (SSSR count). The molecule has 0 unspecified atom stereocenters. The SMILES string of the molecule is NNCc1cc(Br)co1. The Hall–Kier alpha value is -0.320. The molecule has 50 valence electrons. The molecule has 1 heterocycles. The van der Waals surface area contributed by atoms with Gasteiger partial charge in [-0.15, -0.1) is 0 Å². The average Bonchev–Trinajstić information content (AvgIpc) is 2.17. The Labute approximate surface area is 61.3 Å². The number of halogens is 1. The van der Waals surface area contributed by atoms with Gasteiger partial charge in [-0.2, -0.15) is 0 Å². The van der Waals surface area contributed by atoms with Crippen molar-refractivity contribution < 1.29 is 4.42 Å². The molecule has 0 bridgehead atoms. The fraction of sp³-hybridized carbons (Fsp3) is 0.200. The van der Waals surface area contributed by atoms with Crippen molar-refractivity contribution in [2.24, 2.45) is 5.84 Å². The molecule has 0 radical (unpaired) electrons. The lowest BCUT2D eigenvalue weighted by Crippen LogP contribution is -2.20. The summed E-state index contributed by atoms with van der Waals surface area (Å²) in [6.07, 6.45) is 1.62. The molecule has 1 aromatic rings. The number of nitrogens with one attached hydrogen (secondary N) is 1. The van der Waals surface area contributed by atoms with Crippen molar-refractivity contribution in [2.75, 3.05) is 0 Å². The van der Waals surface area contributed by atoms with Gasteiger partial charge in [0.1, 0.15) is 12.0 Å². The summed E-state index contributed by atoms with van der Waals surface area (Å²) in [5.41, 5.74) is 2.48. The molecule has 0 amide bonds. The number of rotatable bonds is 2. The van der Waals surface area contributed by atoms with Crippen LogP contribution in [0.5, 0.6) is 0 Å². The Balaban J connectivity index is 2.61. The first-order chi connectivity index (χ1) is 4.33. The predicted octanol–water partition coefficient (Wildman–Crippen LogP) is 1.01. The fourth-order valence-corrected chi connectivity index (χ4v) is 0.896. The van der Waals surface area contributed by atoms with Gasteiger partial charge in [0.15, 0.2) is 0 Å². The number of hydrogen-bond donors (Lipinski definition) is 2. The van der Waals surface area contributed by atoms with Crippen molar-refractivity contribution >= 4 is 15.9 Å². The van der Waals surface area contributed by atoms with Crippen molar-refractivity contribution in [3.63, 3.8) is 0 Å². The van der Waals surface area contributed by atoms with Crippen molar-refractivity contribution in [3.05, 3.63) is 22.6 Å². The maximum Gasteiger partial charge on any atom is 0.120 e. The first-order valence-corrected chi connectivity index (χ1v) is 3.28. The minimum Gasteiger partial charge on any atom is -0.467 e. The number of hydrogen-bond acceptors (Lipinski definition) is 3. The summed E-state index contributed by atoms with van der Waals surface area (Å²) in [6, 6.07) is 1.86. The van der Waals surface area contributed by atoms with Gasteiger partial charge in [0, 0.05) is 0 Å². The molecule has 0 aliphatic heterocycles. The van der Waals surface area contributed by atoms with E-state index in [1.807, 2.05) is 6.07 Å². The van der Waals surface area contributed by atoms with Crippen LogP contribution in [0.4, 0.5) is 0 Å². The van der Waals surface area contributed by atoms with E-state index >= 15 is 0 Å². The van der Waals surface area contributed by atoms with Crippen molar-refractivity contribution in [1.82, 2.24) is 5.43 Å². The molecule has 0 atom stereocenters. The molecule has 0 aromatic carbocycles. The van der Waals surface area contributed by atoms with Gasteiger partial charge in [-0.1, -0.05) is 0 Å². The Morgan fingerprint density at radius 3 is 3.00 bits per heavy atom. The Morgan fingerprint density at radius 1 is 1.78 bits per heavy atom. The van der Waals surface area contributed by atoms with Gasteiger partial charge in [0.2, 0.25) is 0 Å². The lowest BCUT2D eigenvalue weighted by molar-refractivity contribution is 0.487. The summed E-state index contributed by atoms with van der Waals surface area (Å²) >= 11 is 3.24. The number of furan rings is 1. The molecule has 9 heavy (non-hydrogen) atoms. The molecule has 3 nitrogen and oxygen atoms in total. The predicted molar refractivity (Wildman–Crippen MR) is 37.4 cm³/mol. The first kappa shape index (κ1) is 6.80. The third-order valence-corrected chi connectivity index (χ3v) is 1.31. The summed E-state index contributed by atoms with van der Waals surface area (Å²) in [6.45, 7) is 0.561. The van der Waals surface area contributed by atoms with Crippen LogP contribution in [0.2, 0.25) is 0 Å². The normalized spacial score (nSPS) is 10.0. The zero-order valence-corrected chi connectivity index (χ0v) is 6.31. The van der Waals surface area contributed by atoms with Crippen LogP contribution in [0, 0.1) is 0 Å². The fourth-order valence-electron chi connectivity index (χ4n) is 0.547. The monoisotopic (exact) mass is 190 g/mol. The van der Waals surface area contributed by atoms with Gasteiger partial charge >= 0.3 is 0 Å². The molecule has 0 aliphatic rings. The topological polar surface area (TPSA) is 51.2 Å². The maximum absolute atomic E-state index is 5.04. The number of nitrogens with two attached hydrogens (primary N) is 1. The van der Waals surface area contributed by atoms with Gasteiger partial charge < -0.3 is 4.42 Å². The second kappa shape index (κ2) is 3.00. The van der Waals surface area contributed by atoms with Crippen LogP contribution >= 0.6 is 15.9 Å². The van der Waals surface area contributed by atoms with E-state index in [2.05, 4.69) is 21.4 Å². The third-order valence-electron chi connectivity index (χ3n) is 0.898. The van der Waals surface area contributed by atoms with E-state index in [0.29, 0.717) is 6.54 Å². The van der Waals surface area contributed by atoms with Gasteiger partial charge in [-0.3, -0.25) is 11.3 Å². The minimum atomic E-state index is 0.561. The Kier molecular flexibility index (Phi) is 2.27. The van der Waals surface area contributed by atoms with E-state index in [4.69, 9.17) is 10.3 Å². The summed E-state index contributed by atoms with van der Waals surface area (Å²) in [4.78, 5) is 0. The highest BCUT2D eigenvalue weighted by Crippen LogP contribution is 2.12. The summed E-state index contributed by atoms with van der Waals surface area (Å²) in [5, 5.41) is 0. The van der Waals surface area contributed by atoms with Crippen LogP contribution in [0.15, 0.2) is 21.2 Å². The van der Waals surface area contributed by atoms with E-state index in [-0.39, 0.29) is 0 Å². The molecule has 4 heteroatoms. The van der Waals surface area contributed by atoms with Crippen molar-refractivity contribution in [2.45, 2.75) is 6.54 Å². The van der Waals surface area contributed by atoms with Crippen LogP contribution in [0.1, 0.15) is 5.76 Å². The average molecular weight is 191 g/mol. The molecular formula is C5H7BrN2O. The quantitative estimate of drug-likeness (QED) is 0.541. The summed E-state index contributed by atoms with van der Waals surface area (Å²) < 4.78 is 5.95. The third kappa shape index (κ3) is 1.82. The molecule has 1 aromatic heterocycles. The largest absolute Gasteiger partial charge is 0.467 e. The Morgan fingerprint density at radius 2 is 2.56 bits per heavy atom. The lowest BCUT2D eigenvalue weighted by atomic mass is 10.5. The second-order valence-corrected chi connectivity index (χ2v) is 2.53. The summed E-state index contributed by atoms with van der Waals surface area (Å²) in [7, 11) is 0. The zero-order valence-electron chi connectivity index (χ0n) is 4.73. The second-order valence-electron chi connectivity index (χ2n) is 1.61. The molecular weight excluding hydrogens is 184 g/mol. The van der Waals surface area contributed by atoms with Crippen LogP contribution in [0.25, 0.3) is 0 Å². The molecule has 0 spiro atoms. The first-order valence-electron chi connectivity index (χ1n) is 2.49. The molecule has 0 saturated heterocycles. The highest BCUT2D eigenvalue weighted by molar-refractivity contribution is 9.10. The summed E-state index contributed by atoms with van der Waals surface area (Å²) in [5.74, 6) is 5.87. The standard InChI is InChI=1S/C5H7BrN2O/c6-4-1-5(2-8-7)9-3-4/h1,3,8H,2,7H2. The van der Waals surface area contributed by atoms with Crippen LogP contribution in [-0.2, 0) is 6.54 Å². The van der Waals surface area contributed by atoms with Crippen LogP contribution in [-0.4, -0.2) is 0 Å².